The van der Waals surface area contributed by atoms with Gasteiger partial charge in [0.2, 0.25) is 5.28 Å². The second-order valence-electron chi connectivity index (χ2n) is 4.82. The highest BCUT2D eigenvalue weighted by Crippen LogP contribution is 2.39. The van der Waals surface area contributed by atoms with Gasteiger partial charge in [0.15, 0.2) is 0 Å². The molecule has 3 rings (SSSR count). The Hall–Kier alpha value is -0.520. The van der Waals surface area contributed by atoms with Gasteiger partial charge in [-0.15, -0.1) is 11.8 Å². The molecule has 1 aromatic heterocycles. The molecule has 118 valence electrons. The normalized spacial score (nSPS) is 17.9. The molecule has 0 atom stereocenters. The molecule has 1 fully saturated rings. The maximum Gasteiger partial charge on any atom is 0.224 e. The summed E-state index contributed by atoms with van der Waals surface area (Å²) in [6, 6.07) is 0.509. The molecule has 0 saturated carbocycles. The van der Waals surface area contributed by atoms with Gasteiger partial charge in [0.05, 0.1) is 10.6 Å². The zero-order valence-electron chi connectivity index (χ0n) is 13.1. The van der Waals surface area contributed by atoms with Crippen molar-refractivity contribution in [3.05, 3.63) is 11.0 Å². The SMILES string of the molecule is CC.CCN(c1nc(Cl)nc2c1SCC2)C1CCOCC1. The maximum absolute atomic E-state index is 6.09. The number of fused-ring (bicyclic) bond motifs is 1. The highest BCUT2D eigenvalue weighted by atomic mass is 35.5. The lowest BCUT2D eigenvalue weighted by Crippen LogP contribution is -2.40. The van der Waals surface area contributed by atoms with E-state index in [2.05, 4.69) is 21.8 Å². The summed E-state index contributed by atoms with van der Waals surface area (Å²) < 4.78 is 5.46. The molecule has 0 unspecified atom stereocenters. The lowest BCUT2D eigenvalue weighted by atomic mass is 10.1. The molecule has 4 nitrogen and oxygen atoms in total. The Balaban J connectivity index is 0.000000774. The molecule has 0 spiro atoms. The van der Waals surface area contributed by atoms with Crippen molar-refractivity contribution < 1.29 is 4.74 Å². The van der Waals surface area contributed by atoms with Crippen LogP contribution in [0.2, 0.25) is 5.28 Å². The number of halogens is 1. The Morgan fingerprint density at radius 1 is 1.29 bits per heavy atom. The molecule has 3 heterocycles. The standard InChI is InChI=1S/C13H18ClN3OS.C2H6/c1-2-17(9-3-6-18-7-4-9)12-11-10(5-8-19-11)15-13(14)16-12;1-2/h9H,2-8H2,1H3;1-2H3. The molecule has 0 amide bonds. The van der Waals surface area contributed by atoms with E-state index in [-0.39, 0.29) is 0 Å². The molecule has 1 aromatic rings. The fourth-order valence-corrected chi connectivity index (χ4v) is 4.08. The third-order valence-electron chi connectivity index (χ3n) is 3.72. The fraction of sp³-hybridized carbons (Fsp3) is 0.733. The third kappa shape index (κ3) is 3.82. The molecule has 6 heteroatoms. The van der Waals surface area contributed by atoms with Crippen LogP contribution in [0.4, 0.5) is 5.82 Å². The van der Waals surface area contributed by atoms with Crippen LogP contribution in [0.3, 0.4) is 0 Å². The van der Waals surface area contributed by atoms with Crippen LogP contribution in [-0.4, -0.2) is 41.5 Å². The summed E-state index contributed by atoms with van der Waals surface area (Å²) >= 11 is 7.94. The van der Waals surface area contributed by atoms with E-state index in [4.69, 9.17) is 16.3 Å². The molecular weight excluding hydrogens is 306 g/mol. The van der Waals surface area contributed by atoms with Gasteiger partial charge in [-0.2, -0.15) is 4.98 Å². The second kappa shape index (κ2) is 8.20. The first-order valence-corrected chi connectivity index (χ1v) is 9.19. The summed E-state index contributed by atoms with van der Waals surface area (Å²) in [6.07, 6.45) is 3.13. The minimum absolute atomic E-state index is 0.377. The number of anilines is 1. The van der Waals surface area contributed by atoms with E-state index in [0.717, 1.165) is 56.3 Å². The minimum Gasteiger partial charge on any atom is -0.381 e. The summed E-state index contributed by atoms with van der Waals surface area (Å²) in [6.45, 7) is 8.81. The van der Waals surface area contributed by atoms with Crippen molar-refractivity contribution in [3.8, 4) is 0 Å². The van der Waals surface area contributed by atoms with Crippen molar-refractivity contribution in [2.24, 2.45) is 0 Å². The van der Waals surface area contributed by atoms with Gasteiger partial charge in [-0.25, -0.2) is 4.98 Å². The van der Waals surface area contributed by atoms with Gasteiger partial charge in [-0.05, 0) is 31.4 Å². The zero-order chi connectivity index (χ0) is 15.2. The van der Waals surface area contributed by atoms with Gasteiger partial charge in [-0.1, -0.05) is 13.8 Å². The number of hydrogen-bond donors (Lipinski definition) is 0. The van der Waals surface area contributed by atoms with Crippen LogP contribution in [0.1, 0.15) is 39.3 Å². The third-order valence-corrected chi connectivity index (χ3v) is 5.00. The van der Waals surface area contributed by atoms with Crippen LogP contribution >= 0.6 is 23.4 Å². The molecule has 0 bridgehead atoms. The topological polar surface area (TPSA) is 38.2 Å². The first kappa shape index (κ1) is 16.8. The van der Waals surface area contributed by atoms with Crippen molar-refractivity contribution >= 4 is 29.2 Å². The lowest BCUT2D eigenvalue weighted by molar-refractivity contribution is 0.0844. The van der Waals surface area contributed by atoms with E-state index >= 15 is 0 Å². The number of nitrogens with zero attached hydrogens (tertiary/aromatic N) is 3. The van der Waals surface area contributed by atoms with Crippen LogP contribution < -0.4 is 4.90 Å². The molecule has 1 saturated heterocycles. The first-order chi connectivity index (χ1) is 10.3. The van der Waals surface area contributed by atoms with Gasteiger partial charge in [-0.3, -0.25) is 0 Å². The quantitative estimate of drug-likeness (QED) is 0.788. The average molecular weight is 330 g/mol. The van der Waals surface area contributed by atoms with Crippen LogP contribution in [-0.2, 0) is 11.2 Å². The summed E-state index contributed by atoms with van der Waals surface area (Å²) in [7, 11) is 0. The zero-order valence-corrected chi connectivity index (χ0v) is 14.6. The van der Waals surface area contributed by atoms with E-state index in [0.29, 0.717) is 11.3 Å². The predicted octanol–water partition coefficient (Wildman–Crippen LogP) is 3.81. The van der Waals surface area contributed by atoms with Gasteiger partial charge in [0, 0.05) is 38.0 Å². The number of rotatable bonds is 3. The molecule has 21 heavy (non-hydrogen) atoms. The number of thioether (sulfide) groups is 1. The van der Waals surface area contributed by atoms with Gasteiger partial charge in [0.1, 0.15) is 5.82 Å². The van der Waals surface area contributed by atoms with Crippen LogP contribution in [0.15, 0.2) is 4.90 Å². The van der Waals surface area contributed by atoms with Gasteiger partial charge in [0.25, 0.3) is 0 Å². The van der Waals surface area contributed by atoms with Crippen molar-refractivity contribution in [1.82, 2.24) is 9.97 Å². The lowest BCUT2D eigenvalue weighted by Gasteiger charge is -2.35. The van der Waals surface area contributed by atoms with Gasteiger partial charge >= 0.3 is 0 Å². The Morgan fingerprint density at radius 3 is 2.67 bits per heavy atom. The summed E-state index contributed by atoms with van der Waals surface area (Å²) in [5.41, 5.74) is 1.12. The van der Waals surface area contributed by atoms with Crippen LogP contribution in [0.25, 0.3) is 0 Å². The average Bonchev–Trinajstić information content (AvgIpc) is 2.99. The van der Waals surface area contributed by atoms with Crippen LogP contribution in [0.5, 0.6) is 0 Å². The van der Waals surface area contributed by atoms with E-state index < -0.39 is 0 Å². The minimum atomic E-state index is 0.377. The number of aromatic nitrogens is 2. The fourth-order valence-electron chi connectivity index (χ4n) is 2.79. The molecule has 0 aliphatic carbocycles. The molecule has 2 aliphatic rings. The predicted molar refractivity (Wildman–Crippen MR) is 89.7 cm³/mol. The molecule has 0 radical (unpaired) electrons. The highest BCUT2D eigenvalue weighted by molar-refractivity contribution is 7.99. The maximum atomic E-state index is 6.09. The van der Waals surface area contributed by atoms with Crippen molar-refractivity contribution in [3.63, 3.8) is 0 Å². The van der Waals surface area contributed by atoms with E-state index in [1.807, 2.05) is 25.6 Å². The Labute approximate surface area is 136 Å². The van der Waals surface area contributed by atoms with Crippen molar-refractivity contribution in [2.45, 2.75) is 51.0 Å². The second-order valence-corrected chi connectivity index (χ2v) is 6.26. The van der Waals surface area contributed by atoms with E-state index in [1.54, 1.807) is 0 Å². The van der Waals surface area contributed by atoms with Crippen molar-refractivity contribution in [1.29, 1.82) is 0 Å². The van der Waals surface area contributed by atoms with Crippen molar-refractivity contribution in [2.75, 3.05) is 30.4 Å². The van der Waals surface area contributed by atoms with E-state index in [1.165, 1.54) is 4.90 Å². The molecule has 2 aliphatic heterocycles. The number of ether oxygens (including phenoxy) is 1. The Kier molecular flexibility index (Phi) is 6.58. The first-order valence-electron chi connectivity index (χ1n) is 7.83. The molecule has 0 aromatic carbocycles. The molecule has 0 N–H and O–H groups in total. The molecular formula is C15H24ClN3OS. The van der Waals surface area contributed by atoms with E-state index in [9.17, 15) is 0 Å². The summed E-state index contributed by atoms with van der Waals surface area (Å²) in [5, 5.41) is 0.377. The monoisotopic (exact) mass is 329 g/mol. The van der Waals surface area contributed by atoms with Gasteiger partial charge < -0.3 is 9.64 Å². The highest BCUT2D eigenvalue weighted by Gasteiger charge is 2.28. The summed E-state index contributed by atoms with van der Waals surface area (Å²) in [5.74, 6) is 2.12. The largest absolute Gasteiger partial charge is 0.381 e. The Bertz CT molecular complexity index is 466. The van der Waals surface area contributed by atoms with Crippen LogP contribution in [0, 0.1) is 0 Å². The smallest absolute Gasteiger partial charge is 0.224 e. The number of aryl methyl sites for hydroxylation is 1. The Morgan fingerprint density at radius 2 is 2.00 bits per heavy atom. The summed E-state index contributed by atoms with van der Waals surface area (Å²) in [4.78, 5) is 12.5. The number of hydrogen-bond acceptors (Lipinski definition) is 5.